The molecule has 5 nitrogen and oxygen atoms in total. The van der Waals surface area contributed by atoms with Gasteiger partial charge in [0.25, 0.3) is 0 Å². The van der Waals surface area contributed by atoms with E-state index in [9.17, 15) is 26.0 Å². The van der Waals surface area contributed by atoms with E-state index >= 15 is 0 Å². The van der Waals surface area contributed by atoms with Crippen LogP contribution in [0.5, 0.6) is 0 Å². The van der Waals surface area contributed by atoms with Crippen molar-refractivity contribution in [2.45, 2.75) is 17.9 Å². The van der Waals surface area contributed by atoms with Gasteiger partial charge in [0.05, 0.1) is 4.90 Å². The number of nitrogens with zero attached hydrogens (tertiary/aromatic N) is 2. The molecule has 0 aromatic heterocycles. The fourth-order valence-electron chi connectivity index (χ4n) is 3.30. The first-order valence-corrected chi connectivity index (χ1v) is 11.8. The number of sulfone groups is 1. The van der Waals surface area contributed by atoms with Gasteiger partial charge in [-0.05, 0) is 36.3 Å². The van der Waals surface area contributed by atoms with Crippen LogP contribution >= 0.6 is 12.2 Å². The maximum atomic E-state index is 13.9. The number of hydrogen-bond donors (Lipinski definition) is 1. The van der Waals surface area contributed by atoms with Crippen LogP contribution in [-0.4, -0.2) is 55.8 Å². The molecular formula is C20H21F4N3O2S2. The highest BCUT2D eigenvalue weighted by Gasteiger charge is 2.23. The maximum absolute atomic E-state index is 13.9. The van der Waals surface area contributed by atoms with Crippen molar-refractivity contribution in [3.05, 3.63) is 59.2 Å². The number of anilines is 1. The van der Waals surface area contributed by atoms with Gasteiger partial charge in [0.1, 0.15) is 5.69 Å². The minimum absolute atomic E-state index is 0.0168. The normalized spacial score (nSPS) is 15.6. The highest BCUT2D eigenvalue weighted by molar-refractivity contribution is 7.90. The summed E-state index contributed by atoms with van der Waals surface area (Å²) in [6.45, 7) is 2.91. The van der Waals surface area contributed by atoms with Crippen LogP contribution in [-0.2, 0) is 16.4 Å². The van der Waals surface area contributed by atoms with E-state index in [2.05, 4.69) is 10.2 Å². The molecule has 1 aliphatic heterocycles. The molecule has 0 aliphatic carbocycles. The van der Waals surface area contributed by atoms with E-state index in [0.29, 0.717) is 32.6 Å². The summed E-state index contributed by atoms with van der Waals surface area (Å²) < 4.78 is 77.4. The molecule has 1 fully saturated rings. The number of benzene rings is 2. The van der Waals surface area contributed by atoms with Gasteiger partial charge < -0.3 is 10.2 Å². The molecule has 1 aliphatic rings. The molecule has 0 unspecified atom stereocenters. The lowest BCUT2D eigenvalue weighted by Crippen LogP contribution is -2.38. The number of hydrogen-bond acceptors (Lipinski definition) is 4. The lowest BCUT2D eigenvalue weighted by atomic mass is 10.2. The van der Waals surface area contributed by atoms with E-state index in [1.54, 1.807) is 29.2 Å². The van der Waals surface area contributed by atoms with Gasteiger partial charge in [-0.15, -0.1) is 0 Å². The molecule has 11 heteroatoms. The van der Waals surface area contributed by atoms with E-state index < -0.39 is 38.8 Å². The third-order valence-corrected chi connectivity index (χ3v) is 6.47. The first kappa shape index (κ1) is 23.4. The molecule has 0 spiro atoms. The second-order valence-electron chi connectivity index (χ2n) is 7.31. The molecule has 3 rings (SSSR count). The Labute approximate surface area is 183 Å². The van der Waals surface area contributed by atoms with Crippen molar-refractivity contribution < 1.29 is 26.0 Å². The molecule has 1 N–H and O–H groups in total. The smallest absolute Gasteiger partial charge is 0.196 e. The number of nitrogens with one attached hydrogen (secondary N) is 1. The summed E-state index contributed by atoms with van der Waals surface area (Å²) in [5, 5.41) is 2.37. The van der Waals surface area contributed by atoms with Crippen LogP contribution in [0.15, 0.2) is 35.2 Å². The molecule has 0 radical (unpaired) electrons. The Balaban J connectivity index is 1.61. The van der Waals surface area contributed by atoms with Crippen LogP contribution in [0.2, 0.25) is 0 Å². The van der Waals surface area contributed by atoms with Crippen molar-refractivity contribution in [3.8, 4) is 0 Å². The fraction of sp³-hybridized carbons (Fsp3) is 0.350. The van der Waals surface area contributed by atoms with Crippen LogP contribution in [0, 0.1) is 23.3 Å². The van der Waals surface area contributed by atoms with Gasteiger partial charge in [0, 0.05) is 45.0 Å². The molecule has 0 saturated carbocycles. The Kier molecular flexibility index (Phi) is 7.17. The fourth-order valence-corrected chi connectivity index (χ4v) is 4.21. The zero-order valence-electron chi connectivity index (χ0n) is 16.7. The zero-order chi connectivity index (χ0) is 22.8. The standard InChI is InChI=1S/C20H21F4N3O2S2/c1-31(28,29)14-5-3-13(4-6-14)12-26-7-2-8-27(10-9-26)20(30)25-19-16(22)11-15(21)17(23)18(19)24/h3-6,11H,2,7-10,12H2,1H3,(H,25,30). The minimum atomic E-state index is -3.25. The van der Waals surface area contributed by atoms with Crippen molar-refractivity contribution in [1.82, 2.24) is 9.80 Å². The van der Waals surface area contributed by atoms with Gasteiger partial charge in [-0.1, -0.05) is 12.1 Å². The highest BCUT2D eigenvalue weighted by Crippen LogP contribution is 2.24. The van der Waals surface area contributed by atoms with Crippen molar-refractivity contribution in [1.29, 1.82) is 0 Å². The van der Waals surface area contributed by atoms with E-state index in [-0.39, 0.29) is 16.1 Å². The topological polar surface area (TPSA) is 52.7 Å². The largest absolute Gasteiger partial charge is 0.348 e. The summed E-state index contributed by atoms with van der Waals surface area (Å²) in [7, 11) is -3.25. The monoisotopic (exact) mass is 475 g/mol. The molecule has 31 heavy (non-hydrogen) atoms. The Bertz CT molecular complexity index is 1080. The summed E-state index contributed by atoms with van der Waals surface area (Å²) in [4.78, 5) is 4.12. The number of halogens is 4. The summed E-state index contributed by atoms with van der Waals surface area (Å²) in [5.74, 6) is -6.31. The van der Waals surface area contributed by atoms with E-state index in [0.717, 1.165) is 18.4 Å². The van der Waals surface area contributed by atoms with E-state index in [1.165, 1.54) is 0 Å². The van der Waals surface area contributed by atoms with Crippen molar-refractivity contribution in [2.24, 2.45) is 0 Å². The molecular weight excluding hydrogens is 454 g/mol. The third kappa shape index (κ3) is 5.72. The molecule has 2 aromatic rings. The van der Waals surface area contributed by atoms with Gasteiger partial charge >= 0.3 is 0 Å². The van der Waals surface area contributed by atoms with Crippen LogP contribution in [0.25, 0.3) is 0 Å². The quantitative estimate of drug-likeness (QED) is 0.316. The lowest BCUT2D eigenvalue weighted by molar-refractivity contribution is 0.278. The predicted octanol–water partition coefficient (Wildman–Crippen LogP) is 3.55. The summed E-state index contributed by atoms with van der Waals surface area (Å²) >= 11 is 5.22. The Morgan fingerprint density at radius 2 is 1.68 bits per heavy atom. The van der Waals surface area contributed by atoms with Crippen molar-refractivity contribution in [3.63, 3.8) is 0 Å². The van der Waals surface area contributed by atoms with Gasteiger partial charge in [-0.2, -0.15) is 0 Å². The molecule has 0 bridgehead atoms. The van der Waals surface area contributed by atoms with Crippen LogP contribution in [0.1, 0.15) is 12.0 Å². The van der Waals surface area contributed by atoms with Gasteiger partial charge in [-0.3, -0.25) is 4.90 Å². The first-order valence-electron chi connectivity index (χ1n) is 9.46. The minimum Gasteiger partial charge on any atom is -0.348 e. The SMILES string of the molecule is CS(=O)(=O)c1ccc(CN2CCCN(C(=S)Nc3c(F)cc(F)c(F)c3F)CC2)cc1. The van der Waals surface area contributed by atoms with Crippen LogP contribution in [0.3, 0.4) is 0 Å². The maximum Gasteiger partial charge on any atom is 0.196 e. The van der Waals surface area contributed by atoms with Crippen LogP contribution < -0.4 is 5.32 Å². The summed E-state index contributed by atoms with van der Waals surface area (Å²) in [6, 6.07) is 6.93. The second kappa shape index (κ2) is 9.49. The zero-order valence-corrected chi connectivity index (χ0v) is 18.3. The Hall–Kier alpha value is -2.24. The predicted molar refractivity (Wildman–Crippen MR) is 114 cm³/mol. The Morgan fingerprint density at radius 1 is 1.00 bits per heavy atom. The molecule has 1 saturated heterocycles. The average molecular weight is 476 g/mol. The lowest BCUT2D eigenvalue weighted by Gasteiger charge is -2.25. The molecule has 1 heterocycles. The van der Waals surface area contributed by atoms with Gasteiger partial charge in [0.2, 0.25) is 0 Å². The van der Waals surface area contributed by atoms with Crippen molar-refractivity contribution in [2.75, 3.05) is 37.8 Å². The Morgan fingerprint density at radius 3 is 2.32 bits per heavy atom. The van der Waals surface area contributed by atoms with Crippen LogP contribution in [0.4, 0.5) is 23.2 Å². The average Bonchev–Trinajstić information content (AvgIpc) is 2.95. The molecule has 0 amide bonds. The second-order valence-corrected chi connectivity index (χ2v) is 9.71. The van der Waals surface area contributed by atoms with E-state index in [4.69, 9.17) is 12.2 Å². The highest BCUT2D eigenvalue weighted by atomic mass is 32.2. The molecule has 0 atom stereocenters. The van der Waals surface area contributed by atoms with Gasteiger partial charge in [-0.25, -0.2) is 26.0 Å². The molecule has 168 valence electrons. The molecule has 2 aromatic carbocycles. The van der Waals surface area contributed by atoms with E-state index in [1.807, 2.05) is 0 Å². The van der Waals surface area contributed by atoms with Gasteiger partial charge in [0.15, 0.2) is 38.2 Å². The third-order valence-electron chi connectivity index (χ3n) is 4.98. The number of thiocarbonyl (C=S) groups is 1. The summed E-state index contributed by atoms with van der Waals surface area (Å²) in [5.41, 5.74) is 0.128. The summed E-state index contributed by atoms with van der Waals surface area (Å²) in [6.07, 6.45) is 1.87. The first-order chi connectivity index (χ1) is 14.6. The number of rotatable bonds is 4. The van der Waals surface area contributed by atoms with Crippen molar-refractivity contribution >= 4 is 32.9 Å².